The van der Waals surface area contributed by atoms with Gasteiger partial charge in [0.1, 0.15) is 0 Å². The molecule has 2 atom stereocenters. The fourth-order valence-electron chi connectivity index (χ4n) is 3.12. The van der Waals surface area contributed by atoms with E-state index in [2.05, 4.69) is 0 Å². The summed E-state index contributed by atoms with van der Waals surface area (Å²) in [7, 11) is -1.18. The lowest BCUT2D eigenvalue weighted by atomic mass is 10.1. The van der Waals surface area contributed by atoms with Crippen LogP contribution in [0.3, 0.4) is 0 Å². The van der Waals surface area contributed by atoms with Crippen LogP contribution in [0.1, 0.15) is 25.8 Å². The number of carbonyl (C=O) groups is 1. The van der Waals surface area contributed by atoms with E-state index in [1.54, 1.807) is 11.0 Å². The maximum atomic E-state index is 12.9. The average molecular weight is 407 g/mol. The number of amides is 1. The van der Waals surface area contributed by atoms with E-state index < -0.39 is 15.9 Å². The molecule has 1 aromatic carbocycles. The molecule has 25 heavy (non-hydrogen) atoms. The Morgan fingerprint density at radius 2 is 2.04 bits per heavy atom. The normalized spacial score (nSPS) is 20.6. The summed E-state index contributed by atoms with van der Waals surface area (Å²) in [5.41, 5.74) is 0.850. The second kappa shape index (κ2) is 8.25. The van der Waals surface area contributed by atoms with Crippen LogP contribution in [0.4, 0.5) is 0 Å². The third kappa shape index (κ3) is 4.88. The third-order valence-corrected chi connectivity index (χ3v) is 7.35. The molecule has 1 amide bonds. The molecule has 1 fully saturated rings. The topological polar surface area (TPSA) is 57.7 Å². The van der Waals surface area contributed by atoms with Crippen molar-refractivity contribution in [3.8, 4) is 0 Å². The SMILES string of the molecule is CCN(C(=O)[C@@H](C)N(C)Cc1cccc(Cl)c1Cl)[C@@H]1CCS(=O)(=O)C1. The van der Waals surface area contributed by atoms with Gasteiger partial charge in [0.15, 0.2) is 9.84 Å². The van der Waals surface area contributed by atoms with Gasteiger partial charge >= 0.3 is 0 Å². The number of benzene rings is 1. The zero-order valence-corrected chi connectivity index (χ0v) is 17.0. The molecule has 0 saturated carbocycles. The molecule has 1 aliphatic heterocycles. The van der Waals surface area contributed by atoms with Crippen molar-refractivity contribution in [1.82, 2.24) is 9.80 Å². The van der Waals surface area contributed by atoms with E-state index in [9.17, 15) is 13.2 Å². The Morgan fingerprint density at radius 3 is 2.60 bits per heavy atom. The Balaban J connectivity index is 2.08. The van der Waals surface area contributed by atoms with Gasteiger partial charge in [0.05, 0.1) is 27.6 Å². The Morgan fingerprint density at radius 1 is 1.36 bits per heavy atom. The summed E-state index contributed by atoms with van der Waals surface area (Å²) in [4.78, 5) is 16.5. The minimum Gasteiger partial charge on any atom is -0.338 e. The van der Waals surface area contributed by atoms with Crippen molar-refractivity contribution in [3.63, 3.8) is 0 Å². The van der Waals surface area contributed by atoms with Crippen LogP contribution in [0.15, 0.2) is 18.2 Å². The first kappa shape index (κ1) is 20.5. The van der Waals surface area contributed by atoms with Crippen molar-refractivity contribution in [3.05, 3.63) is 33.8 Å². The van der Waals surface area contributed by atoms with Gasteiger partial charge in [0.25, 0.3) is 0 Å². The Hall–Kier alpha value is -0.820. The molecule has 1 heterocycles. The highest BCUT2D eigenvalue weighted by Gasteiger charge is 2.36. The molecule has 2 rings (SSSR count). The molecule has 0 unspecified atom stereocenters. The number of hydrogen-bond donors (Lipinski definition) is 0. The molecule has 0 N–H and O–H groups in total. The predicted octanol–water partition coefficient (Wildman–Crippen LogP) is 2.85. The molecule has 0 bridgehead atoms. The van der Waals surface area contributed by atoms with Crippen LogP contribution in [-0.2, 0) is 21.2 Å². The van der Waals surface area contributed by atoms with Gasteiger partial charge in [-0.05, 0) is 38.9 Å². The van der Waals surface area contributed by atoms with Crippen molar-refractivity contribution in [2.45, 2.75) is 38.9 Å². The summed E-state index contributed by atoms with van der Waals surface area (Å²) >= 11 is 12.3. The number of nitrogens with zero attached hydrogens (tertiary/aromatic N) is 2. The maximum absolute atomic E-state index is 12.9. The van der Waals surface area contributed by atoms with E-state index in [4.69, 9.17) is 23.2 Å². The van der Waals surface area contributed by atoms with Crippen molar-refractivity contribution < 1.29 is 13.2 Å². The molecular weight excluding hydrogens is 383 g/mol. The highest BCUT2D eigenvalue weighted by Crippen LogP contribution is 2.27. The van der Waals surface area contributed by atoms with E-state index in [0.29, 0.717) is 29.6 Å². The molecule has 0 aliphatic carbocycles. The lowest BCUT2D eigenvalue weighted by Gasteiger charge is -2.33. The smallest absolute Gasteiger partial charge is 0.239 e. The quantitative estimate of drug-likeness (QED) is 0.728. The van der Waals surface area contributed by atoms with Crippen LogP contribution >= 0.6 is 23.2 Å². The summed E-state index contributed by atoms with van der Waals surface area (Å²) in [5, 5.41) is 0.975. The molecular formula is C17H24Cl2N2O3S. The fraction of sp³-hybridized carbons (Fsp3) is 0.588. The van der Waals surface area contributed by atoms with E-state index in [0.717, 1.165) is 5.56 Å². The molecule has 0 aromatic heterocycles. The number of sulfone groups is 1. The second-order valence-electron chi connectivity index (χ2n) is 6.49. The van der Waals surface area contributed by atoms with Gasteiger partial charge in [0.2, 0.25) is 5.91 Å². The van der Waals surface area contributed by atoms with Gasteiger partial charge in [-0.1, -0.05) is 35.3 Å². The molecule has 8 heteroatoms. The fourth-order valence-corrected chi connectivity index (χ4v) is 5.23. The number of carbonyl (C=O) groups excluding carboxylic acids is 1. The molecule has 140 valence electrons. The van der Waals surface area contributed by atoms with Crippen LogP contribution in [0.2, 0.25) is 10.0 Å². The van der Waals surface area contributed by atoms with Gasteiger partial charge in [-0.2, -0.15) is 0 Å². The molecule has 0 spiro atoms. The van der Waals surface area contributed by atoms with Crippen molar-refractivity contribution >= 4 is 38.9 Å². The lowest BCUT2D eigenvalue weighted by Crippen LogP contribution is -2.49. The maximum Gasteiger partial charge on any atom is 0.239 e. The lowest BCUT2D eigenvalue weighted by molar-refractivity contribution is -0.137. The highest BCUT2D eigenvalue weighted by atomic mass is 35.5. The van der Waals surface area contributed by atoms with Gasteiger partial charge in [0, 0.05) is 19.1 Å². The zero-order chi connectivity index (χ0) is 18.8. The van der Waals surface area contributed by atoms with E-state index in [1.807, 2.05) is 37.9 Å². The van der Waals surface area contributed by atoms with E-state index in [1.165, 1.54) is 0 Å². The summed E-state index contributed by atoms with van der Waals surface area (Å²) in [6.45, 7) is 4.68. The molecule has 1 saturated heterocycles. The van der Waals surface area contributed by atoms with Crippen LogP contribution in [0.25, 0.3) is 0 Å². The minimum absolute atomic E-state index is 0.0587. The Kier molecular flexibility index (Phi) is 6.76. The number of rotatable bonds is 6. The Bertz CT molecular complexity index is 739. The van der Waals surface area contributed by atoms with Crippen LogP contribution in [0.5, 0.6) is 0 Å². The molecule has 1 aliphatic rings. The van der Waals surface area contributed by atoms with E-state index >= 15 is 0 Å². The van der Waals surface area contributed by atoms with Crippen molar-refractivity contribution in [1.29, 1.82) is 0 Å². The van der Waals surface area contributed by atoms with E-state index in [-0.39, 0.29) is 23.5 Å². The van der Waals surface area contributed by atoms with Gasteiger partial charge < -0.3 is 4.90 Å². The van der Waals surface area contributed by atoms with Crippen molar-refractivity contribution in [2.24, 2.45) is 0 Å². The summed E-state index contributed by atoms with van der Waals surface area (Å²) in [6.07, 6.45) is 0.512. The Labute approximate surface area is 159 Å². The highest BCUT2D eigenvalue weighted by molar-refractivity contribution is 7.91. The zero-order valence-electron chi connectivity index (χ0n) is 14.7. The van der Waals surface area contributed by atoms with Gasteiger partial charge in [-0.3, -0.25) is 9.69 Å². The number of halogens is 2. The van der Waals surface area contributed by atoms with Gasteiger partial charge in [-0.25, -0.2) is 8.42 Å². The van der Waals surface area contributed by atoms with Crippen molar-refractivity contribution in [2.75, 3.05) is 25.1 Å². The molecule has 1 aromatic rings. The van der Waals surface area contributed by atoms with Crippen LogP contribution in [-0.4, -0.2) is 61.3 Å². The third-order valence-electron chi connectivity index (χ3n) is 4.74. The monoisotopic (exact) mass is 406 g/mol. The average Bonchev–Trinajstić information content (AvgIpc) is 2.91. The van der Waals surface area contributed by atoms with Crippen LogP contribution in [0, 0.1) is 0 Å². The second-order valence-corrected chi connectivity index (χ2v) is 9.50. The first-order chi connectivity index (χ1) is 11.7. The summed E-state index contributed by atoms with van der Waals surface area (Å²) in [5.74, 6) is 0.151. The van der Waals surface area contributed by atoms with Crippen LogP contribution < -0.4 is 0 Å². The number of likely N-dealkylation sites (N-methyl/N-ethyl adjacent to an activating group) is 2. The number of hydrogen-bond acceptors (Lipinski definition) is 4. The largest absolute Gasteiger partial charge is 0.338 e. The standard InChI is InChI=1S/C17H24Cl2N2O3S/c1-4-21(14-8-9-25(23,24)11-14)17(22)12(2)20(3)10-13-6-5-7-15(18)16(13)19/h5-7,12,14H,4,8-11H2,1-3H3/t12-,14-/m1/s1. The molecule has 0 radical (unpaired) electrons. The summed E-state index contributed by atoms with van der Waals surface area (Å²) in [6, 6.07) is 4.81. The minimum atomic E-state index is -3.03. The first-order valence-corrected chi connectivity index (χ1v) is 10.9. The predicted molar refractivity (Wildman–Crippen MR) is 102 cm³/mol. The summed E-state index contributed by atoms with van der Waals surface area (Å²) < 4.78 is 23.4. The van der Waals surface area contributed by atoms with Gasteiger partial charge in [-0.15, -0.1) is 0 Å². The molecule has 5 nitrogen and oxygen atoms in total. The first-order valence-electron chi connectivity index (χ1n) is 8.30.